The van der Waals surface area contributed by atoms with Gasteiger partial charge in [-0.15, -0.1) is 0 Å². The van der Waals surface area contributed by atoms with Gasteiger partial charge in [-0.05, 0) is 17.8 Å². The van der Waals surface area contributed by atoms with Gasteiger partial charge in [0.2, 0.25) is 11.8 Å². The summed E-state index contributed by atoms with van der Waals surface area (Å²) in [7, 11) is 0. The van der Waals surface area contributed by atoms with Crippen molar-refractivity contribution in [2.45, 2.75) is 59.7 Å². The fraction of sp³-hybridized carbons (Fsp3) is 0.765. The summed E-state index contributed by atoms with van der Waals surface area (Å²) in [6.07, 6.45) is -1.83. The van der Waals surface area contributed by atoms with Crippen molar-refractivity contribution in [3.05, 3.63) is 0 Å². The van der Waals surface area contributed by atoms with Crippen LogP contribution in [0, 0.1) is 23.7 Å². The van der Waals surface area contributed by atoms with Crippen molar-refractivity contribution in [1.82, 2.24) is 10.6 Å². The van der Waals surface area contributed by atoms with Crippen LogP contribution in [0.4, 0.5) is 0 Å². The van der Waals surface area contributed by atoms with E-state index in [1.54, 1.807) is 41.5 Å². The van der Waals surface area contributed by atoms with Gasteiger partial charge in [0.05, 0.1) is 5.92 Å². The second kappa shape index (κ2) is 10.1. The first-order chi connectivity index (χ1) is 11.8. The highest BCUT2D eigenvalue weighted by atomic mass is 16.4. The predicted molar refractivity (Wildman–Crippen MR) is 93.1 cm³/mol. The SMILES string of the molecule is CC(C)[C@H](NC(=O)[C@@H](NC(=O)[C@H](O)[C@@H](C(=O)O)C(C)C)C(C)C)C(=O)O. The van der Waals surface area contributed by atoms with E-state index >= 15 is 0 Å². The predicted octanol–water partition coefficient (Wildman–Crippen LogP) is 0.0703. The molecule has 0 saturated heterocycles. The topological polar surface area (TPSA) is 153 Å². The highest BCUT2D eigenvalue weighted by Crippen LogP contribution is 2.17. The molecule has 5 N–H and O–H groups in total. The fourth-order valence-corrected chi connectivity index (χ4v) is 2.48. The number of carbonyl (C=O) groups is 4. The molecule has 26 heavy (non-hydrogen) atoms. The lowest BCUT2D eigenvalue weighted by Crippen LogP contribution is -2.57. The maximum absolute atomic E-state index is 12.4. The molecule has 0 fully saturated rings. The van der Waals surface area contributed by atoms with Gasteiger partial charge in [0.25, 0.3) is 0 Å². The van der Waals surface area contributed by atoms with E-state index in [0.29, 0.717) is 0 Å². The first kappa shape index (κ1) is 23.8. The Balaban J connectivity index is 5.28. The Morgan fingerprint density at radius 1 is 0.654 bits per heavy atom. The van der Waals surface area contributed by atoms with Crippen LogP contribution in [0.3, 0.4) is 0 Å². The molecule has 4 atom stereocenters. The van der Waals surface area contributed by atoms with E-state index in [4.69, 9.17) is 0 Å². The molecule has 9 heteroatoms. The third-order valence-corrected chi connectivity index (χ3v) is 4.09. The minimum absolute atomic E-state index is 0.372. The Kier molecular flexibility index (Phi) is 9.26. The molecule has 0 bridgehead atoms. The highest BCUT2D eigenvalue weighted by Gasteiger charge is 2.37. The summed E-state index contributed by atoms with van der Waals surface area (Å²) in [4.78, 5) is 47.1. The summed E-state index contributed by atoms with van der Waals surface area (Å²) < 4.78 is 0. The molecule has 0 rings (SSSR count). The van der Waals surface area contributed by atoms with Crippen molar-refractivity contribution >= 4 is 23.8 Å². The van der Waals surface area contributed by atoms with E-state index in [9.17, 15) is 34.5 Å². The molecule has 2 amide bonds. The van der Waals surface area contributed by atoms with E-state index in [0.717, 1.165) is 0 Å². The van der Waals surface area contributed by atoms with E-state index in [1.807, 2.05) is 0 Å². The van der Waals surface area contributed by atoms with E-state index in [1.165, 1.54) is 0 Å². The van der Waals surface area contributed by atoms with Crippen molar-refractivity contribution in [3.63, 3.8) is 0 Å². The Bertz CT molecular complexity index is 531. The summed E-state index contributed by atoms with van der Waals surface area (Å²) >= 11 is 0. The third kappa shape index (κ3) is 6.62. The molecule has 0 aromatic heterocycles. The third-order valence-electron chi connectivity index (χ3n) is 4.09. The largest absolute Gasteiger partial charge is 0.481 e. The smallest absolute Gasteiger partial charge is 0.326 e. The van der Waals surface area contributed by atoms with Gasteiger partial charge in [-0.3, -0.25) is 14.4 Å². The van der Waals surface area contributed by atoms with Crippen molar-refractivity contribution in [2.24, 2.45) is 23.7 Å². The highest BCUT2D eigenvalue weighted by molar-refractivity contribution is 5.93. The first-order valence-electron chi connectivity index (χ1n) is 8.55. The van der Waals surface area contributed by atoms with Crippen LogP contribution in [-0.4, -0.2) is 57.3 Å². The van der Waals surface area contributed by atoms with Crippen molar-refractivity contribution < 1.29 is 34.5 Å². The molecule has 0 heterocycles. The monoisotopic (exact) mass is 374 g/mol. The Morgan fingerprint density at radius 2 is 1.08 bits per heavy atom. The molecular formula is C17H30N2O7. The van der Waals surface area contributed by atoms with Crippen LogP contribution in [0.15, 0.2) is 0 Å². The summed E-state index contributed by atoms with van der Waals surface area (Å²) in [6, 6.07) is -2.24. The minimum atomic E-state index is -1.83. The van der Waals surface area contributed by atoms with Gasteiger partial charge < -0.3 is 26.0 Å². The van der Waals surface area contributed by atoms with Gasteiger partial charge in [-0.2, -0.15) is 0 Å². The number of hydrogen-bond acceptors (Lipinski definition) is 5. The Labute approximate surface area is 153 Å². The first-order valence-corrected chi connectivity index (χ1v) is 8.55. The van der Waals surface area contributed by atoms with E-state index < -0.39 is 59.7 Å². The second-order valence-corrected chi connectivity index (χ2v) is 7.35. The second-order valence-electron chi connectivity index (χ2n) is 7.35. The summed E-state index contributed by atoms with van der Waals surface area (Å²) in [6.45, 7) is 9.65. The average Bonchev–Trinajstić information content (AvgIpc) is 2.47. The van der Waals surface area contributed by atoms with Crippen molar-refractivity contribution in [3.8, 4) is 0 Å². The molecular weight excluding hydrogens is 344 g/mol. The molecule has 0 aliphatic carbocycles. The van der Waals surface area contributed by atoms with Gasteiger partial charge in [0.15, 0.2) is 0 Å². The van der Waals surface area contributed by atoms with Gasteiger partial charge in [0, 0.05) is 0 Å². The number of carboxylic acid groups (broad SMARTS) is 2. The summed E-state index contributed by atoms with van der Waals surface area (Å²) in [5, 5.41) is 33.1. The normalized spacial score (nSPS) is 16.1. The molecule has 0 spiro atoms. The van der Waals surface area contributed by atoms with Crippen LogP contribution in [-0.2, 0) is 19.2 Å². The number of aliphatic hydroxyl groups excluding tert-OH is 1. The van der Waals surface area contributed by atoms with E-state index in [-0.39, 0.29) is 5.92 Å². The Hall–Kier alpha value is -2.16. The number of rotatable bonds is 10. The van der Waals surface area contributed by atoms with Gasteiger partial charge >= 0.3 is 11.9 Å². The lowest BCUT2D eigenvalue weighted by molar-refractivity contribution is -0.154. The molecule has 0 aliphatic heterocycles. The average molecular weight is 374 g/mol. The number of hydrogen-bond donors (Lipinski definition) is 5. The molecule has 0 radical (unpaired) electrons. The molecule has 9 nitrogen and oxygen atoms in total. The summed E-state index contributed by atoms with van der Waals surface area (Å²) in [5.74, 6) is -6.83. The zero-order valence-corrected chi connectivity index (χ0v) is 16.0. The quantitative estimate of drug-likeness (QED) is 0.363. The van der Waals surface area contributed by atoms with Crippen LogP contribution in [0.25, 0.3) is 0 Å². The maximum atomic E-state index is 12.4. The number of carbonyl (C=O) groups excluding carboxylic acids is 2. The van der Waals surface area contributed by atoms with Crippen molar-refractivity contribution in [1.29, 1.82) is 0 Å². The van der Waals surface area contributed by atoms with Crippen LogP contribution < -0.4 is 10.6 Å². The van der Waals surface area contributed by atoms with Gasteiger partial charge in [0.1, 0.15) is 18.2 Å². The number of amides is 2. The van der Waals surface area contributed by atoms with Crippen molar-refractivity contribution in [2.75, 3.05) is 0 Å². The van der Waals surface area contributed by atoms with Gasteiger partial charge in [-0.1, -0.05) is 41.5 Å². The standard InChI is InChI=1S/C17H30N2O7/c1-7(2)10(16(23)24)13(20)15(22)18-11(8(3)4)14(21)19-12(9(5)6)17(25)26/h7-13,20H,1-6H3,(H,18,22)(H,19,21)(H,23,24)(H,25,26)/t10-,11-,12-,13+/m0/s1. The molecule has 0 saturated carbocycles. The van der Waals surface area contributed by atoms with Crippen LogP contribution in [0.5, 0.6) is 0 Å². The molecule has 0 aliphatic rings. The zero-order valence-electron chi connectivity index (χ0n) is 16.0. The molecule has 0 unspecified atom stereocenters. The molecule has 0 aromatic carbocycles. The lowest BCUT2D eigenvalue weighted by Gasteiger charge is -2.28. The number of aliphatic carboxylic acids is 2. The number of aliphatic hydroxyl groups is 1. The minimum Gasteiger partial charge on any atom is -0.481 e. The summed E-state index contributed by atoms with van der Waals surface area (Å²) in [5.41, 5.74) is 0. The van der Waals surface area contributed by atoms with Crippen LogP contribution in [0.2, 0.25) is 0 Å². The lowest BCUT2D eigenvalue weighted by atomic mass is 9.89. The van der Waals surface area contributed by atoms with Crippen LogP contribution in [0.1, 0.15) is 41.5 Å². The maximum Gasteiger partial charge on any atom is 0.326 e. The number of nitrogens with one attached hydrogen (secondary N) is 2. The van der Waals surface area contributed by atoms with Crippen LogP contribution >= 0.6 is 0 Å². The molecule has 0 aromatic rings. The molecule has 150 valence electrons. The fourth-order valence-electron chi connectivity index (χ4n) is 2.48. The van der Waals surface area contributed by atoms with E-state index in [2.05, 4.69) is 10.6 Å². The van der Waals surface area contributed by atoms with Gasteiger partial charge in [-0.25, -0.2) is 4.79 Å². The Morgan fingerprint density at radius 3 is 1.38 bits per heavy atom. The number of carboxylic acids is 2. The zero-order chi connectivity index (χ0) is 20.8.